The summed E-state index contributed by atoms with van der Waals surface area (Å²) in [6.45, 7) is 4.45. The van der Waals surface area contributed by atoms with Gasteiger partial charge in [-0.25, -0.2) is 15.0 Å². The molecule has 2 aliphatic heterocycles. The van der Waals surface area contributed by atoms with Gasteiger partial charge in [-0.3, -0.25) is 14.4 Å². The molecule has 51 heavy (non-hydrogen) atoms. The van der Waals surface area contributed by atoms with Gasteiger partial charge < -0.3 is 29.5 Å². The average Bonchev–Trinajstić information content (AvgIpc) is 3.72. The Kier molecular flexibility index (Phi) is 6.31. The molecular weight excluding hydrogens is 652 g/mol. The average molecular weight is 693 g/mol. The Morgan fingerprint density at radius 1 is 1.04 bits per heavy atom. The minimum Gasteiger partial charge on any atom is -0.504 e. The summed E-state index contributed by atoms with van der Waals surface area (Å²) >= 11 is 0. The topological polar surface area (TPSA) is 173 Å². The van der Waals surface area contributed by atoms with Crippen LogP contribution in [0.3, 0.4) is 0 Å². The van der Waals surface area contributed by atoms with E-state index in [1.54, 1.807) is 30.2 Å². The molecule has 6 heterocycles. The van der Waals surface area contributed by atoms with Gasteiger partial charge in [0.25, 0.3) is 5.91 Å². The van der Waals surface area contributed by atoms with Crippen molar-refractivity contribution in [1.82, 2.24) is 44.7 Å². The van der Waals surface area contributed by atoms with Crippen LogP contribution in [0, 0.1) is 18.3 Å². The maximum Gasteiger partial charge on any atom is 0.276 e. The van der Waals surface area contributed by atoms with Crippen molar-refractivity contribution in [2.24, 2.45) is 11.3 Å². The zero-order chi connectivity index (χ0) is 35.0. The van der Waals surface area contributed by atoms with E-state index in [4.69, 9.17) is 14.9 Å². The quantitative estimate of drug-likeness (QED) is 0.292. The molecule has 11 rings (SSSR count). The van der Waals surface area contributed by atoms with Gasteiger partial charge in [-0.05, 0) is 75.7 Å². The fourth-order valence-electron chi connectivity index (χ4n) is 10.2. The highest BCUT2D eigenvalue weighted by Gasteiger charge is 2.72. The molecule has 2 N–H and O–H groups in total. The maximum atomic E-state index is 14.7. The smallest absolute Gasteiger partial charge is 0.276 e. The van der Waals surface area contributed by atoms with Crippen LogP contribution in [0.4, 0.5) is 5.69 Å². The van der Waals surface area contributed by atoms with E-state index < -0.39 is 6.04 Å². The molecule has 0 aromatic carbocycles. The van der Waals surface area contributed by atoms with Crippen molar-refractivity contribution in [3.05, 3.63) is 52.0 Å². The number of aromatic nitrogens is 7. The molecule has 0 unspecified atom stereocenters. The van der Waals surface area contributed by atoms with E-state index in [0.29, 0.717) is 53.5 Å². The normalized spacial score (nSPS) is 30.2. The first kappa shape index (κ1) is 30.7. The molecule has 4 aromatic heterocycles. The van der Waals surface area contributed by atoms with Gasteiger partial charge in [0, 0.05) is 42.9 Å². The van der Waals surface area contributed by atoms with Crippen molar-refractivity contribution >= 4 is 28.7 Å². The Balaban J connectivity index is 1.05. The highest BCUT2D eigenvalue weighted by atomic mass is 16.5. The minimum atomic E-state index is -0.552. The summed E-state index contributed by atoms with van der Waals surface area (Å²) in [5.74, 6) is 0.525. The molecule has 15 heteroatoms. The van der Waals surface area contributed by atoms with Crippen LogP contribution in [0.2, 0.25) is 0 Å². The SMILES string of the molecule is COc1cc(-n2nc3c(=O)c(N4CCN(C(=O)c5ncnc(C)c5O)[C@H]5CC[C@@H]54)c4n(c3n2)[C@@H](C(=O)NC23CC(C5CC5)(C2)C3)C[C@H]4C)ccn1. The number of amides is 2. The molecular formula is C36H40N10O5. The van der Waals surface area contributed by atoms with Crippen molar-refractivity contribution in [2.75, 3.05) is 25.1 Å². The number of piperazine rings is 1. The Morgan fingerprint density at radius 3 is 2.55 bits per heavy atom. The van der Waals surface area contributed by atoms with Crippen LogP contribution in [0.25, 0.3) is 16.9 Å². The van der Waals surface area contributed by atoms with E-state index in [1.165, 1.54) is 31.1 Å². The summed E-state index contributed by atoms with van der Waals surface area (Å²) in [5, 5.41) is 23.7. The molecule has 5 saturated carbocycles. The number of nitrogens with zero attached hydrogens (tertiary/aromatic N) is 9. The lowest BCUT2D eigenvalue weighted by Crippen LogP contribution is -2.75. The van der Waals surface area contributed by atoms with Gasteiger partial charge in [-0.15, -0.1) is 15.0 Å². The second-order valence-corrected chi connectivity index (χ2v) is 15.8. The van der Waals surface area contributed by atoms with Crippen molar-refractivity contribution in [1.29, 1.82) is 0 Å². The first-order valence-electron chi connectivity index (χ1n) is 18.1. The molecule has 1 saturated heterocycles. The van der Waals surface area contributed by atoms with Crippen molar-refractivity contribution < 1.29 is 19.4 Å². The Labute approximate surface area is 293 Å². The Morgan fingerprint density at radius 2 is 1.82 bits per heavy atom. The number of ether oxygens (including phenoxy) is 1. The van der Waals surface area contributed by atoms with E-state index in [0.717, 1.165) is 43.7 Å². The molecule has 6 fully saturated rings. The number of nitrogens with one attached hydrogen (secondary N) is 1. The lowest BCUT2D eigenvalue weighted by molar-refractivity contribution is -0.177. The summed E-state index contributed by atoms with van der Waals surface area (Å²) < 4.78 is 7.32. The predicted molar refractivity (Wildman–Crippen MR) is 183 cm³/mol. The maximum absolute atomic E-state index is 14.7. The number of pyridine rings is 2. The summed E-state index contributed by atoms with van der Waals surface area (Å²) in [7, 11) is 1.53. The van der Waals surface area contributed by atoms with Crippen LogP contribution >= 0.6 is 0 Å². The Bertz CT molecular complexity index is 2210. The number of aromatic hydroxyl groups is 1. The summed E-state index contributed by atoms with van der Waals surface area (Å²) in [4.78, 5) is 60.4. The van der Waals surface area contributed by atoms with Crippen LogP contribution in [-0.4, -0.2) is 94.2 Å². The first-order valence-corrected chi connectivity index (χ1v) is 18.1. The number of carbonyl (C=O) groups excluding carboxylic acids is 2. The number of hydrogen-bond acceptors (Lipinski definition) is 11. The highest BCUT2D eigenvalue weighted by Crippen LogP contribution is 2.75. The molecule has 7 aliphatic rings. The number of anilines is 1. The van der Waals surface area contributed by atoms with Crippen LogP contribution in [0.15, 0.2) is 29.5 Å². The van der Waals surface area contributed by atoms with Gasteiger partial charge in [-0.1, -0.05) is 6.92 Å². The standard InChI is InChI=1S/C36H40N10O5/c1-18-12-24(33(49)40-36-14-35(15-36,16-36)20-4-5-20)45-28(18)29(31(48)26-32(45)42-46(41-26)21-8-9-37-25(13-21)51-3)43-10-11-44(23-7-6-22(23)43)34(50)27-30(47)19(2)38-17-39-27/h8-9,13,17-18,20,22-24,47H,4-7,10-12,14-16H2,1-3H3,(H,40,49)/t18-,22+,23+,24-,35?,36?/m1/s1. The number of rotatable bonds is 7. The highest BCUT2D eigenvalue weighted by molar-refractivity contribution is 5.95. The second-order valence-electron chi connectivity index (χ2n) is 15.8. The number of carbonyl (C=O) groups is 2. The molecule has 2 amide bonds. The monoisotopic (exact) mass is 692 g/mol. The van der Waals surface area contributed by atoms with Gasteiger partial charge >= 0.3 is 0 Å². The zero-order valence-corrected chi connectivity index (χ0v) is 28.9. The minimum absolute atomic E-state index is 0.0115. The molecule has 0 radical (unpaired) electrons. The van der Waals surface area contributed by atoms with Crippen LogP contribution in [0.1, 0.15) is 92.1 Å². The third-order valence-corrected chi connectivity index (χ3v) is 12.8. The number of fused-ring (bicyclic) bond motifs is 4. The summed E-state index contributed by atoms with van der Waals surface area (Å²) in [6.07, 6.45) is 10.8. The lowest BCUT2D eigenvalue weighted by Gasteiger charge is -2.71. The third kappa shape index (κ3) is 4.29. The molecule has 2 bridgehead atoms. The summed E-state index contributed by atoms with van der Waals surface area (Å²) in [5.41, 5.74) is 2.88. The van der Waals surface area contributed by atoms with Gasteiger partial charge in [-0.2, -0.15) is 0 Å². The molecule has 0 spiro atoms. The van der Waals surface area contributed by atoms with Crippen LogP contribution in [0.5, 0.6) is 11.6 Å². The fraction of sp³-hybridized carbons (Fsp3) is 0.556. The number of aryl methyl sites for hydroxylation is 1. The zero-order valence-electron chi connectivity index (χ0n) is 28.9. The van der Waals surface area contributed by atoms with E-state index in [9.17, 15) is 19.5 Å². The van der Waals surface area contributed by atoms with Crippen molar-refractivity contribution in [3.63, 3.8) is 0 Å². The molecule has 15 nitrogen and oxygen atoms in total. The predicted octanol–water partition coefficient (Wildman–Crippen LogP) is 2.78. The fourth-order valence-corrected chi connectivity index (χ4v) is 10.2. The van der Waals surface area contributed by atoms with Gasteiger partial charge in [0.15, 0.2) is 22.6 Å². The van der Waals surface area contributed by atoms with E-state index in [2.05, 4.69) is 32.1 Å². The van der Waals surface area contributed by atoms with Gasteiger partial charge in [0.05, 0.1) is 30.2 Å². The van der Waals surface area contributed by atoms with E-state index >= 15 is 0 Å². The molecule has 4 atom stereocenters. The van der Waals surface area contributed by atoms with Crippen LogP contribution in [-0.2, 0) is 4.79 Å². The summed E-state index contributed by atoms with van der Waals surface area (Å²) in [6, 6.07) is 2.60. The van der Waals surface area contributed by atoms with E-state index in [1.807, 2.05) is 4.57 Å². The third-order valence-electron chi connectivity index (χ3n) is 12.8. The largest absolute Gasteiger partial charge is 0.504 e. The van der Waals surface area contributed by atoms with Crippen molar-refractivity contribution in [3.8, 4) is 17.3 Å². The lowest BCUT2D eigenvalue weighted by atomic mass is 9.37. The first-order chi connectivity index (χ1) is 24.6. The number of methoxy groups -OCH3 is 1. The van der Waals surface area contributed by atoms with Gasteiger partial charge in [0.2, 0.25) is 17.2 Å². The van der Waals surface area contributed by atoms with Crippen molar-refractivity contribution in [2.45, 2.75) is 94.8 Å². The van der Waals surface area contributed by atoms with Gasteiger partial charge in [0.1, 0.15) is 18.1 Å². The molecule has 4 aromatic rings. The Hall–Kier alpha value is -5.08. The second kappa shape index (κ2) is 10.5. The number of hydrogen-bond donors (Lipinski definition) is 2. The molecule has 264 valence electrons. The van der Waals surface area contributed by atoms with Crippen LogP contribution < -0.4 is 20.4 Å². The molecule has 5 aliphatic carbocycles. The van der Waals surface area contributed by atoms with E-state index in [-0.39, 0.29) is 57.7 Å².